The molecule has 7 heteroatoms. The van der Waals surface area contributed by atoms with E-state index in [0.717, 1.165) is 25.7 Å². The number of hydrogen-bond acceptors (Lipinski definition) is 5. The quantitative estimate of drug-likeness (QED) is 0.832. The fraction of sp³-hybridized carbons (Fsp3) is 0.667. The zero-order chi connectivity index (χ0) is 15.2. The standard InChI is InChI=1S/C15H20N2O4S/c18-22(19,12-3-4-12)17-8-9-20-15-13(17)5-6-14(15)21-11-2-1-7-16-10-11/h1-2,7,10,12-15H,3-6,8-9H2/t13-,14+,15+/m0/s1. The largest absolute Gasteiger partial charge is 0.486 e. The first-order valence-corrected chi connectivity index (χ1v) is 9.35. The highest BCUT2D eigenvalue weighted by atomic mass is 32.2. The molecule has 3 aliphatic rings. The van der Waals surface area contributed by atoms with Crippen LogP contribution in [-0.2, 0) is 14.8 Å². The number of sulfonamides is 1. The van der Waals surface area contributed by atoms with Gasteiger partial charge in [-0.1, -0.05) is 0 Å². The van der Waals surface area contributed by atoms with Crippen LogP contribution in [0.3, 0.4) is 0 Å². The fourth-order valence-electron chi connectivity index (χ4n) is 3.47. The molecule has 3 atom stereocenters. The second-order valence-electron chi connectivity index (χ2n) is 6.18. The van der Waals surface area contributed by atoms with E-state index >= 15 is 0 Å². The Balaban J connectivity index is 1.51. The molecule has 2 aliphatic carbocycles. The maximum atomic E-state index is 12.6. The molecule has 4 rings (SSSR count). The summed E-state index contributed by atoms with van der Waals surface area (Å²) in [7, 11) is -3.15. The van der Waals surface area contributed by atoms with Gasteiger partial charge in [-0.15, -0.1) is 0 Å². The van der Waals surface area contributed by atoms with E-state index in [1.807, 2.05) is 12.1 Å². The van der Waals surface area contributed by atoms with E-state index in [9.17, 15) is 8.42 Å². The third-order valence-corrected chi connectivity index (χ3v) is 7.10. The van der Waals surface area contributed by atoms with Crippen LogP contribution < -0.4 is 4.74 Å². The van der Waals surface area contributed by atoms with Crippen LogP contribution in [0.25, 0.3) is 0 Å². The molecule has 1 aliphatic heterocycles. The van der Waals surface area contributed by atoms with Crippen LogP contribution in [0.5, 0.6) is 5.75 Å². The SMILES string of the molecule is O=S(=O)(C1CC1)N1CCO[C@H]2[C@H](Oc3cccnc3)CC[C@@H]21. The van der Waals surface area contributed by atoms with Gasteiger partial charge < -0.3 is 9.47 Å². The molecule has 6 nitrogen and oxygen atoms in total. The average molecular weight is 324 g/mol. The molecular weight excluding hydrogens is 304 g/mol. The van der Waals surface area contributed by atoms with Gasteiger partial charge in [-0.3, -0.25) is 4.98 Å². The van der Waals surface area contributed by atoms with Gasteiger partial charge in [0.2, 0.25) is 10.0 Å². The minimum absolute atomic E-state index is 0.0824. The van der Waals surface area contributed by atoms with Gasteiger partial charge in [0.15, 0.2) is 0 Å². The Morgan fingerprint density at radius 2 is 2.14 bits per heavy atom. The number of fused-ring (bicyclic) bond motifs is 1. The average Bonchev–Trinajstić information content (AvgIpc) is 3.32. The fourth-order valence-corrected chi connectivity index (χ4v) is 5.52. The summed E-state index contributed by atoms with van der Waals surface area (Å²) in [5.41, 5.74) is 0. The number of pyridine rings is 1. The van der Waals surface area contributed by atoms with Crippen molar-refractivity contribution in [3.05, 3.63) is 24.5 Å². The summed E-state index contributed by atoms with van der Waals surface area (Å²) in [4.78, 5) is 4.04. The van der Waals surface area contributed by atoms with E-state index in [-0.39, 0.29) is 23.5 Å². The van der Waals surface area contributed by atoms with Crippen molar-refractivity contribution < 1.29 is 17.9 Å². The minimum Gasteiger partial charge on any atom is -0.486 e. The minimum atomic E-state index is -3.15. The lowest BCUT2D eigenvalue weighted by atomic mass is 10.1. The highest BCUT2D eigenvalue weighted by Gasteiger charge is 2.51. The summed E-state index contributed by atoms with van der Waals surface area (Å²) >= 11 is 0. The summed E-state index contributed by atoms with van der Waals surface area (Å²) in [6, 6.07) is 3.61. The lowest BCUT2D eigenvalue weighted by molar-refractivity contribution is -0.0660. The molecule has 0 spiro atoms. The van der Waals surface area contributed by atoms with E-state index in [1.54, 1.807) is 16.7 Å². The first-order valence-electron chi connectivity index (χ1n) is 7.85. The molecule has 1 aromatic heterocycles. The highest BCUT2D eigenvalue weighted by molar-refractivity contribution is 7.90. The van der Waals surface area contributed by atoms with E-state index in [4.69, 9.17) is 9.47 Å². The normalized spacial score (nSPS) is 32.6. The summed E-state index contributed by atoms with van der Waals surface area (Å²) < 4.78 is 38.7. The Morgan fingerprint density at radius 3 is 2.86 bits per heavy atom. The lowest BCUT2D eigenvalue weighted by Gasteiger charge is -2.38. The molecule has 0 unspecified atom stereocenters. The molecule has 0 amide bonds. The molecule has 1 saturated heterocycles. The van der Waals surface area contributed by atoms with Crippen molar-refractivity contribution in [1.82, 2.24) is 9.29 Å². The zero-order valence-corrected chi connectivity index (χ0v) is 13.1. The number of hydrogen-bond donors (Lipinski definition) is 0. The van der Waals surface area contributed by atoms with E-state index in [1.165, 1.54) is 0 Å². The molecule has 3 fully saturated rings. The Labute approximate surface area is 130 Å². The number of aromatic nitrogens is 1. The molecule has 0 bridgehead atoms. The van der Waals surface area contributed by atoms with Gasteiger partial charge in [-0.25, -0.2) is 8.42 Å². The third kappa shape index (κ3) is 2.51. The van der Waals surface area contributed by atoms with Crippen molar-refractivity contribution >= 4 is 10.0 Å². The molecule has 120 valence electrons. The summed E-state index contributed by atoms with van der Waals surface area (Å²) in [6.07, 6.45) is 6.29. The van der Waals surface area contributed by atoms with Gasteiger partial charge in [-0.2, -0.15) is 4.31 Å². The monoisotopic (exact) mass is 324 g/mol. The van der Waals surface area contributed by atoms with Gasteiger partial charge >= 0.3 is 0 Å². The zero-order valence-electron chi connectivity index (χ0n) is 12.3. The molecule has 22 heavy (non-hydrogen) atoms. The first kappa shape index (κ1) is 14.4. The smallest absolute Gasteiger partial charge is 0.217 e. The second kappa shape index (κ2) is 5.47. The van der Waals surface area contributed by atoms with Gasteiger partial charge in [0.1, 0.15) is 18.0 Å². The van der Waals surface area contributed by atoms with Crippen molar-refractivity contribution in [1.29, 1.82) is 0 Å². The Hall–Kier alpha value is -1.18. The maximum absolute atomic E-state index is 12.6. The molecule has 2 saturated carbocycles. The summed E-state index contributed by atoms with van der Waals surface area (Å²) in [5, 5.41) is -0.162. The van der Waals surface area contributed by atoms with E-state index < -0.39 is 10.0 Å². The Bertz CT molecular complexity index is 632. The summed E-state index contributed by atoms with van der Waals surface area (Å²) in [6.45, 7) is 0.916. The van der Waals surface area contributed by atoms with Gasteiger partial charge in [0.05, 0.1) is 24.1 Å². The highest BCUT2D eigenvalue weighted by Crippen LogP contribution is 2.38. The number of rotatable bonds is 4. The predicted molar refractivity (Wildman–Crippen MR) is 80.1 cm³/mol. The molecule has 2 heterocycles. The van der Waals surface area contributed by atoms with E-state index in [0.29, 0.717) is 18.9 Å². The van der Waals surface area contributed by atoms with Crippen LogP contribution in [0.15, 0.2) is 24.5 Å². The topological polar surface area (TPSA) is 68.7 Å². The molecule has 0 aromatic carbocycles. The van der Waals surface area contributed by atoms with Crippen molar-refractivity contribution in [2.45, 2.75) is 49.2 Å². The molecule has 0 N–H and O–H groups in total. The predicted octanol–water partition coefficient (Wildman–Crippen LogP) is 1.18. The number of morpholine rings is 1. The summed E-state index contributed by atoms with van der Waals surface area (Å²) in [5.74, 6) is 0.707. The second-order valence-corrected chi connectivity index (χ2v) is 8.35. The first-order chi connectivity index (χ1) is 10.7. The lowest BCUT2D eigenvalue weighted by Crippen LogP contribution is -2.54. The van der Waals surface area contributed by atoms with Crippen LogP contribution in [0.4, 0.5) is 0 Å². The van der Waals surface area contributed by atoms with E-state index in [2.05, 4.69) is 4.98 Å². The third-order valence-electron chi connectivity index (χ3n) is 4.68. The Morgan fingerprint density at radius 1 is 1.27 bits per heavy atom. The molecule has 1 aromatic rings. The van der Waals surface area contributed by atoms with Crippen LogP contribution in [-0.4, -0.2) is 54.4 Å². The van der Waals surface area contributed by atoms with Crippen LogP contribution in [0.1, 0.15) is 25.7 Å². The molecule has 0 radical (unpaired) electrons. The van der Waals surface area contributed by atoms with Crippen molar-refractivity contribution in [2.24, 2.45) is 0 Å². The number of nitrogens with zero attached hydrogens (tertiary/aromatic N) is 2. The van der Waals surface area contributed by atoms with Gasteiger partial charge in [0, 0.05) is 12.7 Å². The van der Waals surface area contributed by atoms with Gasteiger partial charge in [-0.05, 0) is 37.8 Å². The molecular formula is C15H20N2O4S. The van der Waals surface area contributed by atoms with Crippen molar-refractivity contribution in [3.8, 4) is 5.75 Å². The van der Waals surface area contributed by atoms with Crippen molar-refractivity contribution in [3.63, 3.8) is 0 Å². The van der Waals surface area contributed by atoms with Gasteiger partial charge in [0.25, 0.3) is 0 Å². The number of ether oxygens (including phenoxy) is 2. The van der Waals surface area contributed by atoms with Crippen LogP contribution >= 0.6 is 0 Å². The van der Waals surface area contributed by atoms with Crippen LogP contribution in [0, 0.1) is 0 Å². The van der Waals surface area contributed by atoms with Crippen molar-refractivity contribution in [2.75, 3.05) is 13.2 Å². The van der Waals surface area contributed by atoms with Crippen LogP contribution in [0.2, 0.25) is 0 Å². The maximum Gasteiger partial charge on any atom is 0.217 e. The Kier molecular flexibility index (Phi) is 3.58.